The van der Waals surface area contributed by atoms with Gasteiger partial charge in [-0.15, -0.1) is 11.8 Å². The molecule has 0 heterocycles. The molecular weight excluding hydrogens is 183 g/mol. The van der Waals surface area contributed by atoms with E-state index in [2.05, 4.69) is 6.92 Å². The van der Waals surface area contributed by atoms with Gasteiger partial charge in [0.15, 0.2) is 0 Å². The molecule has 0 saturated heterocycles. The highest BCUT2D eigenvalue weighted by molar-refractivity contribution is 7.99. The van der Waals surface area contributed by atoms with Crippen LogP contribution in [0, 0.1) is 6.92 Å². The molecule has 0 amide bonds. The molecule has 2 nitrogen and oxygen atoms in total. The van der Waals surface area contributed by atoms with E-state index < -0.39 is 7.12 Å². The van der Waals surface area contributed by atoms with Crippen LogP contribution in [0.2, 0.25) is 0 Å². The average Bonchev–Trinajstić information content (AvgIpc) is 2.03. The third-order valence-electron chi connectivity index (χ3n) is 1.68. The van der Waals surface area contributed by atoms with Crippen molar-refractivity contribution in [3.8, 4) is 0 Å². The molecule has 0 aliphatic carbocycles. The van der Waals surface area contributed by atoms with E-state index in [0.717, 1.165) is 16.2 Å². The van der Waals surface area contributed by atoms with Crippen molar-refractivity contribution in [3.05, 3.63) is 23.8 Å². The van der Waals surface area contributed by atoms with Crippen molar-refractivity contribution in [3.63, 3.8) is 0 Å². The monoisotopic (exact) mass is 196 g/mol. The maximum Gasteiger partial charge on any atom is 0.488 e. The first-order valence-electron chi connectivity index (χ1n) is 4.24. The molecule has 70 valence electrons. The summed E-state index contributed by atoms with van der Waals surface area (Å²) >= 11 is 1.70. The molecule has 2 N–H and O–H groups in total. The molecular formula is C9H13BO2S. The molecule has 1 aromatic rings. The van der Waals surface area contributed by atoms with Gasteiger partial charge in [0.1, 0.15) is 0 Å². The number of thioether (sulfide) groups is 1. The summed E-state index contributed by atoms with van der Waals surface area (Å²) in [5.41, 5.74) is 1.62. The van der Waals surface area contributed by atoms with Gasteiger partial charge in [-0.1, -0.05) is 18.6 Å². The highest BCUT2D eigenvalue weighted by Gasteiger charge is 2.11. The van der Waals surface area contributed by atoms with Crippen molar-refractivity contribution in [1.82, 2.24) is 0 Å². The van der Waals surface area contributed by atoms with E-state index in [9.17, 15) is 0 Å². The maximum absolute atomic E-state index is 8.99. The van der Waals surface area contributed by atoms with E-state index in [4.69, 9.17) is 10.0 Å². The molecule has 0 aromatic heterocycles. The zero-order chi connectivity index (χ0) is 9.84. The Hall–Kier alpha value is -0.445. The summed E-state index contributed by atoms with van der Waals surface area (Å²) in [6.07, 6.45) is 0. The third kappa shape index (κ3) is 3.06. The summed E-state index contributed by atoms with van der Waals surface area (Å²) in [7, 11) is -1.36. The van der Waals surface area contributed by atoms with Gasteiger partial charge in [0.05, 0.1) is 0 Å². The van der Waals surface area contributed by atoms with Crippen LogP contribution in [0.15, 0.2) is 23.1 Å². The summed E-state index contributed by atoms with van der Waals surface area (Å²) < 4.78 is 0. The van der Waals surface area contributed by atoms with Crippen molar-refractivity contribution in [2.24, 2.45) is 0 Å². The van der Waals surface area contributed by atoms with Crippen molar-refractivity contribution in [2.45, 2.75) is 18.7 Å². The lowest BCUT2D eigenvalue weighted by molar-refractivity contribution is 0.425. The van der Waals surface area contributed by atoms with E-state index >= 15 is 0 Å². The van der Waals surface area contributed by atoms with Crippen LogP contribution in [0.5, 0.6) is 0 Å². The average molecular weight is 196 g/mol. The molecule has 1 aromatic carbocycles. The highest BCUT2D eigenvalue weighted by Crippen LogP contribution is 2.17. The number of rotatable bonds is 3. The van der Waals surface area contributed by atoms with Crippen molar-refractivity contribution in [2.75, 3.05) is 5.75 Å². The summed E-state index contributed by atoms with van der Waals surface area (Å²) in [6, 6.07) is 5.64. The van der Waals surface area contributed by atoms with Crippen LogP contribution in [0.1, 0.15) is 12.5 Å². The fourth-order valence-corrected chi connectivity index (χ4v) is 2.00. The topological polar surface area (TPSA) is 40.5 Å². The van der Waals surface area contributed by atoms with Crippen molar-refractivity contribution >= 4 is 24.3 Å². The zero-order valence-electron chi connectivity index (χ0n) is 7.82. The molecule has 13 heavy (non-hydrogen) atoms. The number of hydrogen-bond acceptors (Lipinski definition) is 3. The minimum absolute atomic E-state index is 0.566. The number of benzene rings is 1. The van der Waals surface area contributed by atoms with E-state index in [0.29, 0.717) is 5.46 Å². The first-order chi connectivity index (χ1) is 6.13. The second-order valence-electron chi connectivity index (χ2n) is 2.89. The van der Waals surface area contributed by atoms with E-state index in [1.54, 1.807) is 17.8 Å². The Morgan fingerprint density at radius 2 is 2.00 bits per heavy atom. The summed E-state index contributed by atoms with van der Waals surface area (Å²) in [5, 5.41) is 18.0. The molecule has 0 saturated carbocycles. The Kier molecular flexibility index (Phi) is 3.84. The SMILES string of the molecule is CCSc1cc(C)cc(B(O)O)c1. The first kappa shape index (κ1) is 10.6. The Balaban J connectivity index is 2.96. The van der Waals surface area contributed by atoms with E-state index in [-0.39, 0.29) is 0 Å². The largest absolute Gasteiger partial charge is 0.488 e. The Morgan fingerprint density at radius 1 is 1.31 bits per heavy atom. The second-order valence-corrected chi connectivity index (χ2v) is 4.22. The highest BCUT2D eigenvalue weighted by atomic mass is 32.2. The predicted molar refractivity (Wildman–Crippen MR) is 57.4 cm³/mol. The van der Waals surface area contributed by atoms with Gasteiger partial charge in [0, 0.05) is 4.90 Å². The van der Waals surface area contributed by atoms with Crippen LogP contribution in [0.3, 0.4) is 0 Å². The Labute approximate surface area is 83.1 Å². The van der Waals surface area contributed by atoms with E-state index in [1.807, 2.05) is 19.1 Å². The maximum atomic E-state index is 8.99. The fraction of sp³-hybridized carbons (Fsp3) is 0.333. The molecule has 0 fully saturated rings. The summed E-state index contributed by atoms with van der Waals surface area (Å²) in [6.45, 7) is 4.02. The third-order valence-corrected chi connectivity index (χ3v) is 2.54. The van der Waals surface area contributed by atoms with Crippen LogP contribution in [0.4, 0.5) is 0 Å². The van der Waals surface area contributed by atoms with Crippen LogP contribution in [-0.2, 0) is 0 Å². The normalized spacial score (nSPS) is 10.2. The van der Waals surface area contributed by atoms with Gasteiger partial charge in [-0.2, -0.15) is 0 Å². The van der Waals surface area contributed by atoms with Gasteiger partial charge in [-0.25, -0.2) is 0 Å². The molecule has 4 heteroatoms. The first-order valence-corrected chi connectivity index (χ1v) is 5.22. The summed E-state index contributed by atoms with van der Waals surface area (Å²) in [4.78, 5) is 1.09. The molecule has 0 bridgehead atoms. The van der Waals surface area contributed by atoms with Crippen LogP contribution < -0.4 is 5.46 Å². The fourth-order valence-electron chi connectivity index (χ4n) is 1.18. The minimum atomic E-state index is -1.36. The molecule has 0 unspecified atom stereocenters. The quantitative estimate of drug-likeness (QED) is 0.554. The predicted octanol–water partition coefficient (Wildman–Crippen LogP) is 0.787. The van der Waals surface area contributed by atoms with Crippen LogP contribution in [0.25, 0.3) is 0 Å². The molecule has 0 aliphatic rings. The Bertz CT molecular complexity index is 289. The lowest BCUT2D eigenvalue weighted by Gasteiger charge is -2.05. The lowest BCUT2D eigenvalue weighted by Crippen LogP contribution is -2.30. The number of hydrogen-bond donors (Lipinski definition) is 2. The standard InChI is InChI=1S/C9H13BO2S/c1-3-13-9-5-7(2)4-8(6-9)10(11)12/h4-6,11-12H,3H2,1-2H3. The lowest BCUT2D eigenvalue weighted by atomic mass is 9.80. The molecule has 1 rings (SSSR count). The Morgan fingerprint density at radius 3 is 2.54 bits per heavy atom. The van der Waals surface area contributed by atoms with Crippen LogP contribution >= 0.6 is 11.8 Å². The van der Waals surface area contributed by atoms with Gasteiger partial charge in [0.2, 0.25) is 0 Å². The van der Waals surface area contributed by atoms with Crippen molar-refractivity contribution < 1.29 is 10.0 Å². The van der Waals surface area contributed by atoms with Gasteiger partial charge in [0.25, 0.3) is 0 Å². The van der Waals surface area contributed by atoms with Gasteiger partial charge < -0.3 is 10.0 Å². The summed E-state index contributed by atoms with van der Waals surface area (Å²) in [5.74, 6) is 0.990. The molecule has 0 atom stereocenters. The van der Waals surface area contributed by atoms with Crippen LogP contribution in [-0.4, -0.2) is 22.9 Å². The van der Waals surface area contributed by atoms with Crippen molar-refractivity contribution in [1.29, 1.82) is 0 Å². The molecule has 0 spiro atoms. The van der Waals surface area contributed by atoms with Gasteiger partial charge in [-0.3, -0.25) is 0 Å². The van der Waals surface area contributed by atoms with Gasteiger partial charge >= 0.3 is 7.12 Å². The molecule has 0 aliphatic heterocycles. The number of aryl methyl sites for hydroxylation is 1. The second kappa shape index (κ2) is 4.70. The minimum Gasteiger partial charge on any atom is -0.423 e. The zero-order valence-corrected chi connectivity index (χ0v) is 8.64. The molecule has 0 radical (unpaired) electrons. The van der Waals surface area contributed by atoms with Gasteiger partial charge in [-0.05, 0) is 30.3 Å². The smallest absolute Gasteiger partial charge is 0.423 e. The van der Waals surface area contributed by atoms with E-state index in [1.165, 1.54) is 0 Å².